The molecular weight excluding hydrogens is 172 g/mol. The van der Waals surface area contributed by atoms with Gasteiger partial charge in [-0.25, -0.2) is 0 Å². The highest BCUT2D eigenvalue weighted by Gasteiger charge is 2.16. The van der Waals surface area contributed by atoms with Gasteiger partial charge < -0.3 is 0 Å². The second-order valence-corrected chi connectivity index (χ2v) is 3.31. The normalized spacial score (nSPS) is 12.1. The van der Waals surface area contributed by atoms with Crippen molar-refractivity contribution in [2.24, 2.45) is 0 Å². The molecule has 0 bridgehead atoms. The first-order valence-electron chi connectivity index (χ1n) is 4.98. The van der Waals surface area contributed by atoms with E-state index < -0.39 is 0 Å². The van der Waals surface area contributed by atoms with Crippen molar-refractivity contribution in [1.82, 2.24) is 0 Å². The zero-order chi connectivity index (χ0) is 10.4. The molecule has 0 heterocycles. The molecule has 1 aromatic rings. The van der Waals surface area contributed by atoms with Crippen LogP contribution in [0.25, 0.3) is 0 Å². The van der Waals surface area contributed by atoms with E-state index in [0.717, 1.165) is 12.0 Å². The zero-order valence-electron chi connectivity index (χ0n) is 8.57. The lowest BCUT2D eigenvalue weighted by atomic mass is 9.90. The Morgan fingerprint density at radius 1 is 1.43 bits per heavy atom. The van der Waals surface area contributed by atoms with Gasteiger partial charge in [-0.05, 0) is 12.0 Å². The average Bonchev–Trinajstić information content (AvgIpc) is 2.26. The van der Waals surface area contributed by atoms with Crippen LogP contribution in [0.4, 0.5) is 0 Å². The van der Waals surface area contributed by atoms with E-state index in [1.807, 2.05) is 43.3 Å². The van der Waals surface area contributed by atoms with Gasteiger partial charge in [-0.15, -0.1) is 6.58 Å². The van der Waals surface area contributed by atoms with Gasteiger partial charge in [0.1, 0.15) is 5.78 Å². The highest BCUT2D eigenvalue weighted by molar-refractivity contribution is 5.85. The van der Waals surface area contributed by atoms with Crippen molar-refractivity contribution >= 4 is 5.78 Å². The number of carbonyl (C=O) groups excluding carboxylic acids is 1. The average molecular weight is 188 g/mol. The molecular formula is C13H16O. The van der Waals surface area contributed by atoms with Crippen LogP contribution in [0, 0.1) is 0 Å². The second-order valence-electron chi connectivity index (χ2n) is 3.31. The molecule has 0 amide bonds. The number of hydrogen-bond donors (Lipinski definition) is 0. The van der Waals surface area contributed by atoms with E-state index in [2.05, 4.69) is 6.58 Å². The molecule has 0 radical (unpaired) electrons. The Balaban J connectivity index is 2.88. The minimum absolute atomic E-state index is 0.00120. The number of hydrogen-bond acceptors (Lipinski definition) is 1. The number of Topliss-reactive ketones (excluding diaryl/α,β-unsaturated/α-hetero) is 1. The van der Waals surface area contributed by atoms with Crippen molar-refractivity contribution in [2.75, 3.05) is 0 Å². The first-order valence-corrected chi connectivity index (χ1v) is 4.98. The summed E-state index contributed by atoms with van der Waals surface area (Å²) < 4.78 is 0. The van der Waals surface area contributed by atoms with Crippen LogP contribution in [0.3, 0.4) is 0 Å². The van der Waals surface area contributed by atoms with Crippen LogP contribution in [0.1, 0.15) is 31.2 Å². The van der Waals surface area contributed by atoms with Crippen molar-refractivity contribution < 1.29 is 4.79 Å². The van der Waals surface area contributed by atoms with Crippen LogP contribution in [0.2, 0.25) is 0 Å². The van der Waals surface area contributed by atoms with Gasteiger partial charge in [0, 0.05) is 12.3 Å². The molecule has 1 aromatic carbocycles. The molecule has 0 N–H and O–H groups in total. The second kappa shape index (κ2) is 5.38. The van der Waals surface area contributed by atoms with Gasteiger partial charge in [0.15, 0.2) is 0 Å². The van der Waals surface area contributed by atoms with E-state index in [4.69, 9.17) is 0 Å². The van der Waals surface area contributed by atoms with E-state index in [-0.39, 0.29) is 11.7 Å². The summed E-state index contributed by atoms with van der Waals surface area (Å²) in [6.07, 6.45) is 3.13. The van der Waals surface area contributed by atoms with Crippen molar-refractivity contribution in [2.45, 2.75) is 25.7 Å². The Bertz CT molecular complexity index is 300. The number of benzene rings is 1. The topological polar surface area (TPSA) is 17.1 Å². The minimum Gasteiger partial charge on any atom is -0.299 e. The molecule has 0 aliphatic carbocycles. The smallest absolute Gasteiger partial charge is 0.140 e. The molecule has 0 aliphatic rings. The highest BCUT2D eigenvalue weighted by Crippen LogP contribution is 2.21. The van der Waals surface area contributed by atoms with Crippen molar-refractivity contribution in [1.29, 1.82) is 0 Å². The monoisotopic (exact) mass is 188 g/mol. The number of carbonyl (C=O) groups is 1. The van der Waals surface area contributed by atoms with Crippen LogP contribution < -0.4 is 0 Å². The van der Waals surface area contributed by atoms with Gasteiger partial charge in [-0.3, -0.25) is 4.79 Å². The van der Waals surface area contributed by atoms with Crippen LogP contribution in [0.5, 0.6) is 0 Å². The summed E-state index contributed by atoms with van der Waals surface area (Å²) in [5.74, 6) is 0.287. The predicted octanol–water partition coefficient (Wildman–Crippen LogP) is 3.33. The van der Waals surface area contributed by atoms with E-state index in [9.17, 15) is 4.79 Å². The van der Waals surface area contributed by atoms with Crippen molar-refractivity contribution in [3.05, 3.63) is 48.6 Å². The van der Waals surface area contributed by atoms with E-state index in [0.29, 0.717) is 6.42 Å². The molecule has 0 spiro atoms. The lowest BCUT2D eigenvalue weighted by Crippen LogP contribution is -2.10. The maximum absolute atomic E-state index is 11.7. The largest absolute Gasteiger partial charge is 0.299 e. The molecule has 1 heteroatoms. The third kappa shape index (κ3) is 2.56. The summed E-state index contributed by atoms with van der Waals surface area (Å²) in [5.41, 5.74) is 1.10. The SMILES string of the molecule is C=CC[C@@H](C(=O)CC)c1ccccc1. The van der Waals surface area contributed by atoms with Gasteiger partial charge in [0.2, 0.25) is 0 Å². The third-order valence-corrected chi connectivity index (χ3v) is 2.34. The zero-order valence-corrected chi connectivity index (χ0v) is 8.57. The molecule has 1 rings (SSSR count). The van der Waals surface area contributed by atoms with Gasteiger partial charge in [-0.2, -0.15) is 0 Å². The highest BCUT2D eigenvalue weighted by atomic mass is 16.1. The van der Waals surface area contributed by atoms with Crippen LogP contribution in [-0.2, 0) is 4.79 Å². The first-order chi connectivity index (χ1) is 6.79. The molecule has 0 unspecified atom stereocenters. The minimum atomic E-state index is -0.00120. The van der Waals surface area contributed by atoms with E-state index in [1.54, 1.807) is 0 Å². The fourth-order valence-electron chi connectivity index (χ4n) is 1.55. The number of ketones is 1. The molecule has 1 nitrogen and oxygen atoms in total. The molecule has 0 aromatic heterocycles. The van der Waals surface area contributed by atoms with Crippen molar-refractivity contribution in [3.8, 4) is 0 Å². The Morgan fingerprint density at radius 2 is 2.07 bits per heavy atom. The summed E-state index contributed by atoms with van der Waals surface area (Å²) in [4.78, 5) is 11.7. The van der Waals surface area contributed by atoms with Gasteiger partial charge in [0.05, 0.1) is 0 Å². The molecule has 0 aliphatic heterocycles. The lowest BCUT2D eigenvalue weighted by Gasteiger charge is -2.12. The maximum Gasteiger partial charge on any atom is 0.140 e. The molecule has 1 atom stereocenters. The lowest BCUT2D eigenvalue weighted by molar-refractivity contribution is -0.120. The number of allylic oxidation sites excluding steroid dienone is 1. The quantitative estimate of drug-likeness (QED) is 0.648. The standard InChI is InChI=1S/C13H16O/c1-3-8-12(13(14)4-2)11-9-6-5-7-10-11/h3,5-7,9-10,12H,1,4,8H2,2H3/t12-/m1/s1. The summed E-state index contributed by atoms with van der Waals surface area (Å²) >= 11 is 0. The van der Waals surface area contributed by atoms with Gasteiger partial charge in [0.25, 0.3) is 0 Å². The van der Waals surface area contributed by atoms with Gasteiger partial charge in [-0.1, -0.05) is 43.3 Å². The molecule has 74 valence electrons. The molecule has 14 heavy (non-hydrogen) atoms. The van der Waals surface area contributed by atoms with Crippen LogP contribution in [0.15, 0.2) is 43.0 Å². The summed E-state index contributed by atoms with van der Waals surface area (Å²) in [5, 5.41) is 0. The Morgan fingerprint density at radius 3 is 2.57 bits per heavy atom. The van der Waals surface area contributed by atoms with Crippen molar-refractivity contribution in [3.63, 3.8) is 0 Å². The Kier molecular flexibility index (Phi) is 4.11. The van der Waals surface area contributed by atoms with Crippen LogP contribution >= 0.6 is 0 Å². The fraction of sp³-hybridized carbons (Fsp3) is 0.308. The Labute approximate surface area is 85.5 Å². The molecule has 0 fully saturated rings. The first kappa shape index (κ1) is 10.7. The molecule has 0 saturated heterocycles. The fourth-order valence-corrected chi connectivity index (χ4v) is 1.55. The number of rotatable bonds is 5. The summed E-state index contributed by atoms with van der Waals surface area (Å²) in [7, 11) is 0. The third-order valence-electron chi connectivity index (χ3n) is 2.34. The Hall–Kier alpha value is -1.37. The predicted molar refractivity (Wildman–Crippen MR) is 59.3 cm³/mol. The molecule has 0 saturated carbocycles. The summed E-state index contributed by atoms with van der Waals surface area (Å²) in [6.45, 7) is 5.59. The van der Waals surface area contributed by atoms with E-state index in [1.165, 1.54) is 0 Å². The van der Waals surface area contributed by atoms with Gasteiger partial charge >= 0.3 is 0 Å². The van der Waals surface area contributed by atoms with Crippen LogP contribution in [-0.4, -0.2) is 5.78 Å². The summed E-state index contributed by atoms with van der Waals surface area (Å²) in [6, 6.07) is 9.90. The van der Waals surface area contributed by atoms with E-state index >= 15 is 0 Å². The maximum atomic E-state index is 11.7.